The number of carbonyl (C=O) groups excluding carboxylic acids is 1. The monoisotopic (exact) mass is 415 g/mol. The lowest BCUT2D eigenvalue weighted by Crippen LogP contribution is -2.48. The molecular weight excluding hydrogens is 390 g/mol. The van der Waals surface area contributed by atoms with Gasteiger partial charge in [0.1, 0.15) is 11.4 Å². The minimum atomic E-state index is -0.406. The minimum absolute atomic E-state index is 0.00282. The Hall–Kier alpha value is -3.06. The molecule has 158 valence electrons. The van der Waals surface area contributed by atoms with Crippen molar-refractivity contribution in [3.05, 3.63) is 71.6 Å². The summed E-state index contributed by atoms with van der Waals surface area (Å²) in [6.07, 6.45) is 10.2. The van der Waals surface area contributed by atoms with Gasteiger partial charge in [-0.15, -0.1) is 0 Å². The molecule has 31 heavy (non-hydrogen) atoms. The number of hydrogen-bond donors (Lipinski definition) is 0. The van der Waals surface area contributed by atoms with Gasteiger partial charge in [-0.25, -0.2) is 14.6 Å². The second-order valence-corrected chi connectivity index (χ2v) is 8.77. The van der Waals surface area contributed by atoms with Crippen molar-refractivity contribution in [2.24, 2.45) is 0 Å². The lowest BCUT2D eigenvalue weighted by atomic mass is 9.83. The molecule has 1 saturated carbocycles. The van der Waals surface area contributed by atoms with Gasteiger partial charge in [-0.05, 0) is 49.8 Å². The van der Waals surface area contributed by atoms with Crippen LogP contribution in [-0.4, -0.2) is 50.3 Å². The van der Waals surface area contributed by atoms with Crippen LogP contribution in [0.25, 0.3) is 5.69 Å². The van der Waals surface area contributed by atoms with E-state index in [1.165, 1.54) is 5.56 Å². The van der Waals surface area contributed by atoms with Gasteiger partial charge in [0.15, 0.2) is 0 Å². The van der Waals surface area contributed by atoms with Crippen LogP contribution in [0.1, 0.15) is 59.0 Å². The van der Waals surface area contributed by atoms with E-state index in [0.29, 0.717) is 31.2 Å². The van der Waals surface area contributed by atoms with Crippen LogP contribution in [0.2, 0.25) is 0 Å². The van der Waals surface area contributed by atoms with Crippen molar-refractivity contribution < 1.29 is 9.53 Å². The zero-order chi connectivity index (χ0) is 20.8. The number of nitrogens with zero attached hydrogens (tertiary/aromatic N) is 5. The number of para-hydroxylation sites is 1. The first-order valence-corrected chi connectivity index (χ1v) is 11.1. The molecule has 2 aromatic heterocycles. The average molecular weight is 415 g/mol. The molecule has 0 radical (unpaired) electrons. The number of benzene rings is 1. The van der Waals surface area contributed by atoms with E-state index in [1.54, 1.807) is 12.4 Å². The van der Waals surface area contributed by atoms with Crippen molar-refractivity contribution in [2.75, 3.05) is 19.7 Å². The van der Waals surface area contributed by atoms with Crippen LogP contribution in [0.15, 0.2) is 48.9 Å². The van der Waals surface area contributed by atoms with Crippen molar-refractivity contribution >= 4 is 5.91 Å². The molecule has 1 amide bonds. The quantitative estimate of drug-likeness (QED) is 0.657. The van der Waals surface area contributed by atoms with E-state index in [9.17, 15) is 4.79 Å². The van der Waals surface area contributed by atoms with Gasteiger partial charge >= 0.3 is 0 Å². The predicted molar refractivity (Wildman–Crippen MR) is 114 cm³/mol. The zero-order valence-corrected chi connectivity index (χ0v) is 17.4. The van der Waals surface area contributed by atoms with Crippen LogP contribution in [-0.2, 0) is 16.8 Å². The van der Waals surface area contributed by atoms with Crippen molar-refractivity contribution in [2.45, 2.75) is 43.6 Å². The highest BCUT2D eigenvalue weighted by molar-refractivity contribution is 5.93. The van der Waals surface area contributed by atoms with Crippen LogP contribution >= 0.6 is 0 Å². The first-order chi connectivity index (χ1) is 15.2. The Bertz CT molecular complexity index is 1100. The lowest BCUT2D eigenvalue weighted by molar-refractivity contribution is -0.0963. The van der Waals surface area contributed by atoms with Crippen LogP contribution in [0.5, 0.6) is 0 Å². The standard InChI is InChI=1S/C24H25N5O2/c30-23(19-14-25-22(26-15-19)17-6-7-17)28-11-9-24(10-12-28)21-18(8-13-31-24)16-29(27-21)20-4-2-1-3-5-20/h1-5,14-17H,6-13H2. The predicted octanol–water partition coefficient (Wildman–Crippen LogP) is 3.24. The summed E-state index contributed by atoms with van der Waals surface area (Å²) in [6.45, 7) is 1.97. The summed E-state index contributed by atoms with van der Waals surface area (Å²) in [5.41, 5.74) is 3.50. The highest BCUT2D eigenvalue weighted by Crippen LogP contribution is 2.41. The number of fused-ring (bicyclic) bond motifs is 2. The largest absolute Gasteiger partial charge is 0.368 e. The molecular formula is C24H25N5O2. The fraction of sp³-hybridized carbons (Fsp3) is 0.417. The molecule has 1 saturated heterocycles. The topological polar surface area (TPSA) is 73.1 Å². The maximum atomic E-state index is 13.0. The van der Waals surface area contributed by atoms with Crippen LogP contribution < -0.4 is 0 Å². The molecule has 7 heteroatoms. The third-order valence-electron chi connectivity index (χ3n) is 6.71. The number of piperidine rings is 1. The molecule has 1 spiro atoms. The molecule has 2 aliphatic heterocycles. The van der Waals surface area contributed by atoms with Gasteiger partial charge < -0.3 is 9.64 Å². The SMILES string of the molecule is O=C(c1cnc(C2CC2)nc1)N1CCC2(CC1)OCCc1cn(-c3ccccc3)nc12. The van der Waals surface area contributed by atoms with Crippen molar-refractivity contribution in [3.63, 3.8) is 0 Å². The summed E-state index contributed by atoms with van der Waals surface area (Å²) >= 11 is 0. The molecule has 3 aromatic rings. The number of aromatic nitrogens is 4. The number of likely N-dealkylation sites (tertiary alicyclic amines) is 1. The number of carbonyl (C=O) groups is 1. The van der Waals surface area contributed by atoms with Crippen LogP contribution in [0.4, 0.5) is 0 Å². The maximum absolute atomic E-state index is 13.0. The maximum Gasteiger partial charge on any atom is 0.256 e. The second kappa shape index (κ2) is 7.27. The van der Waals surface area contributed by atoms with Gasteiger partial charge in [0.2, 0.25) is 0 Å². The Morgan fingerprint density at radius 3 is 2.52 bits per heavy atom. The highest BCUT2D eigenvalue weighted by atomic mass is 16.5. The molecule has 2 fully saturated rings. The minimum Gasteiger partial charge on any atom is -0.368 e. The van der Waals surface area contributed by atoms with E-state index in [-0.39, 0.29) is 5.91 Å². The van der Waals surface area contributed by atoms with Crippen LogP contribution in [0.3, 0.4) is 0 Å². The summed E-state index contributed by atoms with van der Waals surface area (Å²) in [6, 6.07) is 10.2. The molecule has 0 atom stereocenters. The number of hydrogen-bond acceptors (Lipinski definition) is 5. The van der Waals surface area contributed by atoms with E-state index in [2.05, 4.69) is 28.3 Å². The Morgan fingerprint density at radius 2 is 1.81 bits per heavy atom. The summed E-state index contributed by atoms with van der Waals surface area (Å²) in [5, 5.41) is 4.93. The second-order valence-electron chi connectivity index (χ2n) is 8.77. The molecule has 1 aliphatic carbocycles. The molecule has 7 nitrogen and oxygen atoms in total. The van der Waals surface area contributed by atoms with Gasteiger partial charge in [-0.1, -0.05) is 18.2 Å². The van der Waals surface area contributed by atoms with E-state index >= 15 is 0 Å². The molecule has 0 unspecified atom stereocenters. The molecule has 0 N–H and O–H groups in total. The summed E-state index contributed by atoms with van der Waals surface area (Å²) in [4.78, 5) is 23.7. The fourth-order valence-electron chi connectivity index (χ4n) is 4.75. The van der Waals surface area contributed by atoms with Gasteiger partial charge in [-0.3, -0.25) is 4.79 Å². The third kappa shape index (κ3) is 3.33. The fourth-order valence-corrected chi connectivity index (χ4v) is 4.75. The summed E-state index contributed by atoms with van der Waals surface area (Å²) in [7, 11) is 0. The van der Waals surface area contributed by atoms with Crippen molar-refractivity contribution in [3.8, 4) is 5.69 Å². The average Bonchev–Trinajstić information content (AvgIpc) is 3.58. The number of ether oxygens (including phenoxy) is 1. The van der Waals surface area contributed by atoms with Gasteiger partial charge in [0.05, 0.1) is 23.6 Å². The van der Waals surface area contributed by atoms with Gasteiger partial charge in [0.25, 0.3) is 5.91 Å². The Morgan fingerprint density at radius 1 is 1.06 bits per heavy atom. The van der Waals surface area contributed by atoms with Crippen molar-refractivity contribution in [1.29, 1.82) is 0 Å². The normalized spacial score (nSPS) is 19.9. The highest BCUT2D eigenvalue weighted by Gasteiger charge is 2.44. The summed E-state index contributed by atoms with van der Waals surface area (Å²) < 4.78 is 8.28. The molecule has 4 heterocycles. The van der Waals surface area contributed by atoms with Gasteiger partial charge in [0, 0.05) is 37.6 Å². The summed E-state index contributed by atoms with van der Waals surface area (Å²) in [5.74, 6) is 1.36. The van der Waals surface area contributed by atoms with Gasteiger partial charge in [-0.2, -0.15) is 5.10 Å². The van der Waals surface area contributed by atoms with E-state index in [1.807, 2.05) is 27.8 Å². The Balaban J connectivity index is 1.20. The molecule has 3 aliphatic rings. The molecule has 0 bridgehead atoms. The first-order valence-electron chi connectivity index (χ1n) is 11.1. The third-order valence-corrected chi connectivity index (χ3v) is 6.71. The van der Waals surface area contributed by atoms with Crippen LogP contribution in [0, 0.1) is 0 Å². The van der Waals surface area contributed by atoms with Crippen molar-refractivity contribution in [1.82, 2.24) is 24.6 Å². The number of amides is 1. The lowest BCUT2D eigenvalue weighted by Gasteiger charge is -2.43. The zero-order valence-electron chi connectivity index (χ0n) is 17.4. The van der Waals surface area contributed by atoms with E-state index in [4.69, 9.17) is 9.84 Å². The Labute approximate surface area is 181 Å². The molecule has 1 aromatic carbocycles. The smallest absolute Gasteiger partial charge is 0.256 e. The van der Waals surface area contributed by atoms with E-state index in [0.717, 1.165) is 49.3 Å². The first kappa shape index (κ1) is 18.7. The van der Waals surface area contributed by atoms with E-state index < -0.39 is 5.60 Å². The number of rotatable bonds is 3. The Kier molecular flexibility index (Phi) is 4.38. The molecule has 6 rings (SSSR count).